The van der Waals surface area contributed by atoms with Crippen molar-refractivity contribution in [3.63, 3.8) is 0 Å². The van der Waals surface area contributed by atoms with Crippen molar-refractivity contribution in [1.82, 2.24) is 0 Å². The van der Waals surface area contributed by atoms with E-state index in [0.29, 0.717) is 5.92 Å². The van der Waals surface area contributed by atoms with Crippen LogP contribution < -0.4 is 0 Å². The molecule has 1 aliphatic rings. The number of allylic oxidation sites excluding steroid dienone is 4. The SMILES string of the molecule is CC1=CC(C(C)(C)C)=CC1c1c(C(C)(C)C)ccc2c1[cH-]c1cc(C(C)(C)C)ccc12.ClC(Cl)(c1ccccc1)c1ccccc1.[Zr]. The molecule has 1 unspecified atom stereocenters. The Morgan fingerprint density at radius 2 is 1.13 bits per heavy atom. The second kappa shape index (κ2) is 13.9. The third-order valence-electron chi connectivity index (χ3n) is 9.27. The predicted octanol–water partition coefficient (Wildman–Crippen LogP) is 13.7. The summed E-state index contributed by atoms with van der Waals surface area (Å²) in [5.74, 6) is 0.353. The number of halogens is 2. The Balaban J connectivity index is 0.000000262. The Bertz CT molecular complexity index is 1860. The summed E-state index contributed by atoms with van der Waals surface area (Å²) in [7, 11) is 0. The van der Waals surface area contributed by atoms with E-state index in [0.717, 1.165) is 11.1 Å². The van der Waals surface area contributed by atoms with Gasteiger partial charge in [0.2, 0.25) is 0 Å². The molecule has 3 heteroatoms. The van der Waals surface area contributed by atoms with E-state index in [2.05, 4.69) is 118 Å². The van der Waals surface area contributed by atoms with E-state index < -0.39 is 4.33 Å². The molecular weight excluding hydrogens is 691 g/mol. The van der Waals surface area contributed by atoms with Gasteiger partial charge in [-0.25, -0.2) is 0 Å². The summed E-state index contributed by atoms with van der Waals surface area (Å²) < 4.78 is -0.970. The predicted molar refractivity (Wildman–Crippen MR) is 204 cm³/mol. The van der Waals surface area contributed by atoms with Gasteiger partial charge < -0.3 is 0 Å². The van der Waals surface area contributed by atoms with Crippen LogP contribution in [0.4, 0.5) is 0 Å². The van der Waals surface area contributed by atoms with Crippen molar-refractivity contribution < 1.29 is 26.2 Å². The molecule has 0 saturated heterocycles. The van der Waals surface area contributed by atoms with E-state index in [4.69, 9.17) is 23.2 Å². The maximum absolute atomic E-state index is 6.35. The minimum Gasteiger partial charge on any atom is -0.126 e. The number of fused-ring (bicyclic) bond motifs is 3. The van der Waals surface area contributed by atoms with Gasteiger partial charge in [0.1, 0.15) is 0 Å². The largest absolute Gasteiger partial charge is 0.168 e. The summed E-state index contributed by atoms with van der Waals surface area (Å²) in [5.41, 5.74) is 9.50. The van der Waals surface area contributed by atoms with E-state index in [1.165, 1.54) is 49.4 Å². The van der Waals surface area contributed by atoms with Gasteiger partial charge in [0, 0.05) is 26.2 Å². The van der Waals surface area contributed by atoms with Gasteiger partial charge in [-0.05, 0) is 45.8 Å². The second-order valence-electron chi connectivity index (χ2n) is 16.0. The normalized spacial score (nSPS) is 15.5. The number of rotatable bonds is 3. The Hall–Kier alpha value is -2.31. The van der Waals surface area contributed by atoms with Crippen LogP contribution in [-0.4, -0.2) is 0 Å². The van der Waals surface area contributed by atoms with Crippen molar-refractivity contribution >= 4 is 44.7 Å². The zero-order valence-corrected chi connectivity index (χ0v) is 33.7. The Morgan fingerprint density at radius 3 is 1.60 bits per heavy atom. The molecule has 0 bridgehead atoms. The van der Waals surface area contributed by atoms with Gasteiger partial charge in [0.15, 0.2) is 4.33 Å². The van der Waals surface area contributed by atoms with Gasteiger partial charge in [-0.1, -0.05) is 205 Å². The van der Waals surface area contributed by atoms with Crippen molar-refractivity contribution in [2.45, 2.75) is 90.3 Å². The summed E-state index contributed by atoms with van der Waals surface area (Å²) in [4.78, 5) is 0. The fraction of sp³-hybridized carbons (Fsp3) is 0.341. The number of alkyl halides is 2. The first kappa shape index (κ1) is 37.5. The second-order valence-corrected chi connectivity index (χ2v) is 17.3. The third kappa shape index (κ3) is 7.96. The minimum atomic E-state index is -0.970. The number of hydrogen-bond acceptors (Lipinski definition) is 0. The molecule has 0 aliphatic heterocycles. The smallest absolute Gasteiger partial charge is 0.126 e. The van der Waals surface area contributed by atoms with Crippen LogP contribution in [0.15, 0.2) is 120 Å². The maximum atomic E-state index is 6.35. The maximum Gasteiger partial charge on any atom is 0.168 e. The zero-order chi connectivity index (χ0) is 33.7. The molecule has 47 heavy (non-hydrogen) atoms. The summed E-state index contributed by atoms with van der Waals surface area (Å²) in [6.07, 6.45) is 4.95. The molecule has 6 rings (SSSR count). The first-order valence-corrected chi connectivity index (χ1v) is 17.2. The van der Waals surface area contributed by atoms with Crippen LogP contribution in [0.3, 0.4) is 0 Å². The Labute approximate surface area is 312 Å². The molecule has 0 radical (unpaired) electrons. The topological polar surface area (TPSA) is 0 Å². The van der Waals surface area contributed by atoms with E-state index >= 15 is 0 Å². The Kier molecular flexibility index (Phi) is 11.1. The molecule has 0 saturated carbocycles. The quantitative estimate of drug-likeness (QED) is 0.128. The zero-order valence-electron chi connectivity index (χ0n) is 29.7. The standard InChI is InChI=1S/C31H39.C13H10Cl2.Zr/c1-19-15-22(30(5,6)7)18-25(19)28-26-17-20-16-21(29(2,3)4)11-12-23(20)24(26)13-14-27(28)31(8,9)10;14-13(15,11-7-3-1-4-8-11)12-9-5-2-6-10-12;/h11-18,25H,1-10H3;1-10H;/q-1;;. The molecule has 0 spiro atoms. The van der Waals surface area contributed by atoms with Crippen LogP contribution in [0.2, 0.25) is 0 Å². The van der Waals surface area contributed by atoms with Crippen LogP contribution in [-0.2, 0) is 41.4 Å². The Morgan fingerprint density at radius 1 is 0.596 bits per heavy atom. The van der Waals surface area contributed by atoms with Crippen LogP contribution in [0.1, 0.15) is 103 Å². The van der Waals surface area contributed by atoms with Gasteiger partial charge in [-0.15, -0.1) is 33.7 Å². The van der Waals surface area contributed by atoms with E-state index in [-0.39, 0.29) is 42.4 Å². The summed E-state index contributed by atoms with van der Waals surface area (Å²) in [6.45, 7) is 23.2. The van der Waals surface area contributed by atoms with Crippen molar-refractivity contribution in [1.29, 1.82) is 0 Å². The third-order valence-corrected chi connectivity index (χ3v) is 10.1. The molecular formula is C44H49Cl2Zr-. The van der Waals surface area contributed by atoms with Crippen LogP contribution in [0.25, 0.3) is 21.5 Å². The van der Waals surface area contributed by atoms with Gasteiger partial charge in [0.05, 0.1) is 0 Å². The number of hydrogen-bond donors (Lipinski definition) is 0. The average molecular weight is 740 g/mol. The summed E-state index contributed by atoms with van der Waals surface area (Å²) >= 11 is 12.7. The monoisotopic (exact) mass is 737 g/mol. The molecule has 244 valence electrons. The molecule has 5 aromatic carbocycles. The van der Waals surface area contributed by atoms with Crippen LogP contribution in [0, 0.1) is 5.41 Å². The van der Waals surface area contributed by atoms with Crippen molar-refractivity contribution in [2.24, 2.45) is 5.41 Å². The molecule has 0 nitrogen and oxygen atoms in total. The fourth-order valence-corrected chi connectivity index (χ4v) is 7.00. The molecule has 0 heterocycles. The molecule has 0 aromatic heterocycles. The number of benzene rings is 4. The fourth-order valence-electron chi connectivity index (χ4n) is 6.50. The van der Waals surface area contributed by atoms with Crippen LogP contribution >= 0.6 is 23.2 Å². The van der Waals surface area contributed by atoms with Gasteiger partial charge in [0.25, 0.3) is 0 Å². The van der Waals surface area contributed by atoms with Gasteiger partial charge >= 0.3 is 0 Å². The molecule has 0 N–H and O–H groups in total. The molecule has 0 fully saturated rings. The summed E-state index contributed by atoms with van der Waals surface area (Å²) in [5, 5.41) is 5.57. The first-order valence-electron chi connectivity index (χ1n) is 16.5. The molecule has 5 aromatic rings. The molecule has 0 amide bonds. The van der Waals surface area contributed by atoms with Crippen molar-refractivity contribution in [3.8, 4) is 0 Å². The molecule has 1 aliphatic carbocycles. The van der Waals surface area contributed by atoms with E-state index in [1.807, 2.05) is 60.7 Å². The van der Waals surface area contributed by atoms with E-state index in [1.54, 1.807) is 0 Å². The van der Waals surface area contributed by atoms with Gasteiger partial charge in [-0.2, -0.15) is 0 Å². The average Bonchev–Trinajstić information content (AvgIpc) is 3.57. The summed E-state index contributed by atoms with van der Waals surface area (Å²) in [6, 6.07) is 33.6. The van der Waals surface area contributed by atoms with Crippen LogP contribution in [0.5, 0.6) is 0 Å². The van der Waals surface area contributed by atoms with E-state index in [9.17, 15) is 0 Å². The minimum absolute atomic E-state index is 0. The van der Waals surface area contributed by atoms with Crippen molar-refractivity contribution in [2.75, 3.05) is 0 Å². The van der Waals surface area contributed by atoms with Crippen molar-refractivity contribution in [3.05, 3.63) is 148 Å². The first-order chi connectivity index (χ1) is 21.4. The van der Waals surface area contributed by atoms with Gasteiger partial charge in [-0.3, -0.25) is 0 Å². The molecule has 1 atom stereocenters.